The van der Waals surface area contributed by atoms with Gasteiger partial charge in [0.15, 0.2) is 0 Å². The van der Waals surface area contributed by atoms with Gasteiger partial charge >= 0.3 is 0 Å². The minimum atomic E-state index is -0.943. The van der Waals surface area contributed by atoms with Gasteiger partial charge in [0.05, 0.1) is 29.4 Å². The van der Waals surface area contributed by atoms with Crippen LogP contribution in [0.15, 0.2) is 73.2 Å². The van der Waals surface area contributed by atoms with E-state index in [0.717, 1.165) is 22.1 Å². The van der Waals surface area contributed by atoms with Crippen molar-refractivity contribution in [2.24, 2.45) is 12.9 Å². The number of nitrogens with zero attached hydrogens (tertiary/aromatic N) is 4. The maximum absolute atomic E-state index is 11.4. The predicted molar refractivity (Wildman–Crippen MR) is 136 cm³/mol. The van der Waals surface area contributed by atoms with E-state index in [9.17, 15) is 5.11 Å². The zero-order valence-corrected chi connectivity index (χ0v) is 19.6. The van der Waals surface area contributed by atoms with Crippen LogP contribution >= 0.6 is 23.2 Å². The van der Waals surface area contributed by atoms with E-state index >= 15 is 0 Å². The second-order valence-corrected chi connectivity index (χ2v) is 8.69. The molecule has 0 aliphatic heterocycles. The molecule has 3 aromatic carbocycles. The topological polar surface area (TPSA) is 102 Å². The summed E-state index contributed by atoms with van der Waals surface area (Å²) in [4.78, 5) is 13.4. The van der Waals surface area contributed by atoms with Gasteiger partial charge in [-0.25, -0.2) is 20.8 Å². The highest BCUT2D eigenvalue weighted by Gasteiger charge is 2.24. The Morgan fingerprint density at radius 3 is 2.44 bits per heavy atom. The molecule has 4 N–H and O–H groups in total. The first-order valence-electron chi connectivity index (χ1n) is 10.4. The molecule has 0 fully saturated rings. The van der Waals surface area contributed by atoms with Crippen LogP contribution < -0.4 is 11.3 Å². The number of anilines is 1. The summed E-state index contributed by atoms with van der Waals surface area (Å²) in [5.74, 6) is 5.95. The minimum absolute atomic E-state index is 0.268. The van der Waals surface area contributed by atoms with Crippen molar-refractivity contribution in [3.63, 3.8) is 0 Å². The second kappa shape index (κ2) is 9.04. The number of nitrogens with two attached hydrogens (primary N) is 1. The molecule has 1 unspecified atom stereocenters. The van der Waals surface area contributed by atoms with Gasteiger partial charge in [0.1, 0.15) is 6.10 Å². The van der Waals surface area contributed by atoms with Crippen LogP contribution in [0.2, 0.25) is 10.0 Å². The molecule has 34 heavy (non-hydrogen) atoms. The molecule has 170 valence electrons. The van der Waals surface area contributed by atoms with Gasteiger partial charge in [-0.2, -0.15) is 0 Å². The summed E-state index contributed by atoms with van der Waals surface area (Å²) in [6.07, 6.45) is 2.36. The number of nitrogens with one attached hydrogen (secondary N) is 1. The maximum atomic E-state index is 11.4. The van der Waals surface area contributed by atoms with E-state index in [2.05, 4.69) is 20.4 Å². The molecular formula is C25H20Cl2N6O. The highest BCUT2D eigenvalue weighted by Crippen LogP contribution is 2.41. The molecule has 0 aliphatic carbocycles. The minimum Gasteiger partial charge on any atom is -0.382 e. The van der Waals surface area contributed by atoms with Gasteiger partial charge in [0.2, 0.25) is 5.95 Å². The van der Waals surface area contributed by atoms with Crippen molar-refractivity contribution in [2.45, 2.75) is 6.10 Å². The van der Waals surface area contributed by atoms with E-state index in [4.69, 9.17) is 29.0 Å². The van der Waals surface area contributed by atoms with Gasteiger partial charge < -0.3 is 9.67 Å². The van der Waals surface area contributed by atoms with Gasteiger partial charge in [0, 0.05) is 28.0 Å². The van der Waals surface area contributed by atoms with E-state index in [-0.39, 0.29) is 5.95 Å². The summed E-state index contributed by atoms with van der Waals surface area (Å²) in [6.45, 7) is 0. The lowest BCUT2D eigenvalue weighted by Gasteiger charge is -2.20. The van der Waals surface area contributed by atoms with Gasteiger partial charge in [0.25, 0.3) is 0 Å². The molecule has 5 aromatic rings. The fourth-order valence-corrected chi connectivity index (χ4v) is 4.41. The maximum Gasteiger partial charge on any atom is 0.238 e. The monoisotopic (exact) mass is 490 g/mol. The fourth-order valence-electron chi connectivity index (χ4n) is 4.10. The van der Waals surface area contributed by atoms with Crippen molar-refractivity contribution in [3.8, 4) is 22.4 Å². The van der Waals surface area contributed by atoms with Crippen molar-refractivity contribution in [3.05, 3.63) is 94.5 Å². The van der Waals surface area contributed by atoms with Gasteiger partial charge in [-0.3, -0.25) is 5.43 Å². The summed E-state index contributed by atoms with van der Waals surface area (Å²) >= 11 is 12.5. The normalized spacial score (nSPS) is 12.1. The van der Waals surface area contributed by atoms with Gasteiger partial charge in [-0.05, 0) is 47.0 Å². The van der Waals surface area contributed by atoms with E-state index in [1.165, 1.54) is 0 Å². The van der Waals surface area contributed by atoms with E-state index < -0.39 is 6.10 Å². The number of benzene rings is 3. The summed E-state index contributed by atoms with van der Waals surface area (Å²) in [7, 11) is 1.84. The predicted octanol–water partition coefficient (Wildman–Crippen LogP) is 5.37. The third-order valence-electron chi connectivity index (χ3n) is 5.69. The summed E-state index contributed by atoms with van der Waals surface area (Å²) in [5.41, 5.74) is 7.58. The largest absolute Gasteiger partial charge is 0.382 e. The van der Waals surface area contributed by atoms with Crippen LogP contribution in [0, 0.1) is 0 Å². The summed E-state index contributed by atoms with van der Waals surface area (Å²) < 4.78 is 1.79. The number of hydrazine groups is 1. The molecule has 0 saturated heterocycles. The lowest BCUT2D eigenvalue weighted by atomic mass is 9.89. The number of rotatable bonds is 5. The third-order valence-corrected chi connectivity index (χ3v) is 6.17. The number of nitrogen functional groups attached to an aromatic ring is 1. The molecule has 0 aliphatic rings. The van der Waals surface area contributed by atoms with Crippen molar-refractivity contribution < 1.29 is 5.11 Å². The Balaban J connectivity index is 1.90. The smallest absolute Gasteiger partial charge is 0.238 e. The Bertz CT molecular complexity index is 1500. The molecule has 9 heteroatoms. The highest BCUT2D eigenvalue weighted by atomic mass is 35.5. The molecule has 5 rings (SSSR count). The molecule has 0 radical (unpaired) electrons. The average Bonchev–Trinajstić information content (AvgIpc) is 3.28. The summed E-state index contributed by atoms with van der Waals surface area (Å²) in [5, 5.41) is 13.4. The summed E-state index contributed by atoms with van der Waals surface area (Å²) in [6, 6.07) is 18.6. The Labute approximate surface area is 205 Å². The lowest BCUT2D eigenvalue weighted by molar-refractivity contribution is 0.212. The molecule has 0 spiro atoms. The SMILES string of the molecule is Cn1cncc1C(O)c1ccc2nc(NN)nc(-c3cccc(Cl)c3)c2c1-c1ccc(Cl)cc1. The molecule has 7 nitrogen and oxygen atoms in total. The lowest BCUT2D eigenvalue weighted by Crippen LogP contribution is -2.12. The number of aliphatic hydroxyl groups excluding tert-OH is 1. The number of aromatic nitrogens is 4. The number of halogens is 2. The fraction of sp³-hybridized carbons (Fsp3) is 0.0800. The second-order valence-electron chi connectivity index (χ2n) is 7.81. The number of imidazole rings is 1. The molecule has 0 amide bonds. The van der Waals surface area contributed by atoms with Crippen LogP contribution in [0.5, 0.6) is 0 Å². The van der Waals surface area contributed by atoms with Crippen LogP contribution in [-0.4, -0.2) is 24.6 Å². The molecule has 1 atom stereocenters. The van der Waals surface area contributed by atoms with E-state index in [1.54, 1.807) is 23.2 Å². The zero-order valence-electron chi connectivity index (χ0n) is 18.1. The molecule has 0 bridgehead atoms. The first-order chi connectivity index (χ1) is 16.5. The number of fused-ring (bicyclic) bond motifs is 1. The standard InChI is InChI=1S/C25H20Cl2N6O/c1-33-13-29-12-20(33)24(34)18-9-10-19-22(21(18)14-5-7-16(26)8-6-14)23(31-25(30-19)32-28)15-3-2-4-17(27)11-15/h2-13,24,34H,28H2,1H3,(H,30,31,32). The van der Waals surface area contributed by atoms with Crippen LogP contribution in [0.4, 0.5) is 5.95 Å². The van der Waals surface area contributed by atoms with Crippen molar-refractivity contribution in [1.29, 1.82) is 0 Å². The van der Waals surface area contributed by atoms with Crippen LogP contribution in [-0.2, 0) is 7.05 Å². The number of hydrogen-bond acceptors (Lipinski definition) is 6. The van der Waals surface area contributed by atoms with Crippen molar-refractivity contribution in [2.75, 3.05) is 5.43 Å². The van der Waals surface area contributed by atoms with Crippen LogP contribution in [0.25, 0.3) is 33.3 Å². The first kappa shape index (κ1) is 22.3. The number of hydrogen-bond donors (Lipinski definition) is 3. The Morgan fingerprint density at radius 2 is 1.76 bits per heavy atom. The van der Waals surface area contributed by atoms with Crippen molar-refractivity contribution in [1.82, 2.24) is 19.5 Å². The van der Waals surface area contributed by atoms with Crippen LogP contribution in [0.1, 0.15) is 17.4 Å². The molecular weight excluding hydrogens is 471 g/mol. The van der Waals surface area contributed by atoms with Gasteiger partial charge in [-0.15, -0.1) is 0 Å². The van der Waals surface area contributed by atoms with Gasteiger partial charge in [-0.1, -0.05) is 53.5 Å². The number of aliphatic hydroxyl groups is 1. The quantitative estimate of drug-likeness (QED) is 0.226. The average molecular weight is 491 g/mol. The Kier molecular flexibility index (Phi) is 5.93. The molecule has 2 heterocycles. The van der Waals surface area contributed by atoms with Crippen LogP contribution in [0.3, 0.4) is 0 Å². The Morgan fingerprint density at radius 1 is 0.971 bits per heavy atom. The number of aryl methyl sites for hydroxylation is 1. The Hall–Kier alpha value is -3.49. The van der Waals surface area contributed by atoms with E-state index in [0.29, 0.717) is 32.5 Å². The highest BCUT2D eigenvalue weighted by molar-refractivity contribution is 6.31. The molecule has 0 saturated carbocycles. The first-order valence-corrected chi connectivity index (χ1v) is 11.2. The van der Waals surface area contributed by atoms with E-state index in [1.807, 2.05) is 61.6 Å². The molecule has 2 aromatic heterocycles. The zero-order chi connectivity index (χ0) is 23.8. The van der Waals surface area contributed by atoms with Crippen molar-refractivity contribution >= 4 is 40.1 Å². The third kappa shape index (κ3) is 3.99.